The summed E-state index contributed by atoms with van der Waals surface area (Å²) >= 11 is 0. The fourth-order valence-corrected chi connectivity index (χ4v) is 5.81. The Kier molecular flexibility index (Phi) is 8.42. The van der Waals surface area contributed by atoms with Crippen molar-refractivity contribution in [2.45, 2.75) is 89.3 Å². The molecule has 6 heteroatoms. The topological polar surface area (TPSA) is 44.7 Å². The number of fused-ring (bicyclic) bond motifs is 2. The van der Waals surface area contributed by atoms with Crippen molar-refractivity contribution in [2.24, 2.45) is 0 Å². The Balaban J connectivity index is 1.20. The van der Waals surface area contributed by atoms with E-state index < -0.39 is 0 Å². The summed E-state index contributed by atoms with van der Waals surface area (Å²) in [6.45, 7) is 15.0. The van der Waals surface area contributed by atoms with Gasteiger partial charge in [-0.05, 0) is 83.5 Å². The number of likely N-dealkylation sites (tertiary alicyclic amines) is 2. The Bertz CT molecular complexity index is 687. The Morgan fingerprint density at radius 3 is 2.28 bits per heavy atom. The van der Waals surface area contributed by atoms with Crippen molar-refractivity contribution in [3.8, 4) is 0 Å². The second kappa shape index (κ2) is 11.5. The summed E-state index contributed by atoms with van der Waals surface area (Å²) in [5.41, 5.74) is 1.34. The van der Waals surface area contributed by atoms with E-state index >= 15 is 0 Å². The molecule has 0 spiro atoms. The number of hydrogen-bond donors (Lipinski definition) is 0. The molecule has 2 atom stereocenters. The lowest BCUT2D eigenvalue weighted by Crippen LogP contribution is -2.56. The van der Waals surface area contributed by atoms with Gasteiger partial charge in [-0.2, -0.15) is 0 Å². The fourth-order valence-electron chi connectivity index (χ4n) is 5.81. The third kappa shape index (κ3) is 5.82. The van der Waals surface area contributed by atoms with Crippen molar-refractivity contribution in [3.05, 3.63) is 30.8 Å². The molecular formula is C26H43N5O. The maximum absolute atomic E-state index is 5.19. The summed E-state index contributed by atoms with van der Waals surface area (Å²) in [5, 5.41) is 0. The molecule has 2 bridgehead atoms. The highest BCUT2D eigenvalue weighted by Gasteiger charge is 2.41. The third-order valence-electron chi connectivity index (χ3n) is 7.79. The number of nitrogens with zero attached hydrogens (tertiary/aromatic N) is 5. The summed E-state index contributed by atoms with van der Waals surface area (Å²) in [7, 11) is 0. The zero-order valence-electron chi connectivity index (χ0n) is 20.3. The lowest BCUT2D eigenvalue weighted by atomic mass is 9.91. The van der Waals surface area contributed by atoms with Gasteiger partial charge in [-0.25, -0.2) is 9.97 Å². The largest absolute Gasteiger partial charge is 0.502 e. The molecule has 3 saturated heterocycles. The molecule has 3 aliphatic rings. The molecular weight excluding hydrogens is 398 g/mol. The minimum absolute atomic E-state index is 0.583. The SMILES string of the molecule is C=COCCCCCCN1CCC(c2cnc(N3C4CCC3CN(C(C)C)C4)nc2)CC1. The molecule has 1 aromatic heterocycles. The van der Waals surface area contributed by atoms with Crippen molar-refractivity contribution < 1.29 is 4.74 Å². The normalized spacial score (nSPS) is 24.9. The summed E-state index contributed by atoms with van der Waals surface area (Å²) in [6, 6.07) is 1.80. The lowest BCUT2D eigenvalue weighted by Gasteiger charge is -2.42. The van der Waals surface area contributed by atoms with Gasteiger partial charge in [0.1, 0.15) is 0 Å². The summed E-state index contributed by atoms with van der Waals surface area (Å²) in [4.78, 5) is 17.5. The first-order chi connectivity index (χ1) is 15.7. The Morgan fingerprint density at radius 2 is 1.66 bits per heavy atom. The molecule has 0 aromatic carbocycles. The molecule has 0 aliphatic carbocycles. The van der Waals surface area contributed by atoms with Crippen LogP contribution in [-0.2, 0) is 4.74 Å². The number of rotatable bonds is 11. The smallest absolute Gasteiger partial charge is 0.225 e. The van der Waals surface area contributed by atoms with Gasteiger partial charge in [0.25, 0.3) is 0 Å². The molecule has 3 aliphatic heterocycles. The number of hydrogen-bond acceptors (Lipinski definition) is 6. The standard InChI is InChI=1S/C26H43N5O/c1-4-32-16-8-6-5-7-13-29-14-11-22(12-15-29)23-17-27-26(28-18-23)31-24-9-10-25(31)20-30(19-24)21(2)3/h4,17-18,21-22,24-25H,1,5-16,19-20H2,2-3H3. The van der Waals surface area contributed by atoms with E-state index in [1.807, 2.05) is 0 Å². The number of anilines is 1. The maximum atomic E-state index is 5.19. The quantitative estimate of drug-likeness (QED) is 0.374. The minimum Gasteiger partial charge on any atom is -0.502 e. The minimum atomic E-state index is 0.583. The van der Waals surface area contributed by atoms with Crippen LogP contribution in [0.4, 0.5) is 5.95 Å². The van der Waals surface area contributed by atoms with Crippen molar-refractivity contribution in [3.63, 3.8) is 0 Å². The van der Waals surface area contributed by atoms with E-state index in [4.69, 9.17) is 14.7 Å². The fraction of sp³-hybridized carbons (Fsp3) is 0.769. The van der Waals surface area contributed by atoms with Gasteiger partial charge in [-0.3, -0.25) is 4.90 Å². The first kappa shape index (κ1) is 23.5. The first-order valence-electron chi connectivity index (χ1n) is 12.9. The van der Waals surface area contributed by atoms with E-state index in [1.54, 1.807) is 6.26 Å². The van der Waals surface area contributed by atoms with Crippen molar-refractivity contribution in [2.75, 3.05) is 44.2 Å². The average molecular weight is 442 g/mol. The third-order valence-corrected chi connectivity index (χ3v) is 7.79. The van der Waals surface area contributed by atoms with Crippen LogP contribution in [-0.4, -0.2) is 77.2 Å². The van der Waals surface area contributed by atoms with Gasteiger partial charge in [0, 0.05) is 43.6 Å². The summed E-state index contributed by atoms with van der Waals surface area (Å²) in [5.74, 6) is 1.58. The van der Waals surface area contributed by atoms with E-state index in [0.29, 0.717) is 24.0 Å². The van der Waals surface area contributed by atoms with Crippen LogP contribution in [0.25, 0.3) is 0 Å². The number of piperazine rings is 1. The van der Waals surface area contributed by atoms with Crippen LogP contribution < -0.4 is 4.90 Å². The molecule has 6 nitrogen and oxygen atoms in total. The molecule has 1 aromatic rings. The van der Waals surface area contributed by atoms with E-state index in [9.17, 15) is 0 Å². The summed E-state index contributed by atoms with van der Waals surface area (Å²) in [6.07, 6.45) is 15.8. The van der Waals surface area contributed by atoms with Crippen LogP contribution in [0.2, 0.25) is 0 Å². The van der Waals surface area contributed by atoms with Crippen molar-refractivity contribution >= 4 is 5.95 Å². The molecule has 0 N–H and O–H groups in total. The van der Waals surface area contributed by atoms with Gasteiger partial charge in [0.05, 0.1) is 12.9 Å². The van der Waals surface area contributed by atoms with Crippen LogP contribution >= 0.6 is 0 Å². The maximum Gasteiger partial charge on any atom is 0.225 e. The van der Waals surface area contributed by atoms with Crippen molar-refractivity contribution in [1.82, 2.24) is 19.8 Å². The second-order valence-corrected chi connectivity index (χ2v) is 10.2. The molecule has 3 fully saturated rings. The van der Waals surface area contributed by atoms with Gasteiger partial charge in [-0.1, -0.05) is 19.4 Å². The molecule has 4 rings (SSSR count). The average Bonchev–Trinajstić information content (AvgIpc) is 3.07. The zero-order valence-corrected chi connectivity index (χ0v) is 20.3. The highest BCUT2D eigenvalue weighted by molar-refractivity contribution is 5.38. The molecule has 4 heterocycles. The van der Waals surface area contributed by atoms with Crippen LogP contribution in [0.5, 0.6) is 0 Å². The second-order valence-electron chi connectivity index (χ2n) is 10.2. The van der Waals surface area contributed by atoms with Crippen LogP contribution in [0, 0.1) is 0 Å². The molecule has 0 amide bonds. The number of unbranched alkanes of at least 4 members (excludes halogenated alkanes) is 3. The van der Waals surface area contributed by atoms with Crippen LogP contribution in [0.1, 0.15) is 76.7 Å². The predicted molar refractivity (Wildman–Crippen MR) is 131 cm³/mol. The predicted octanol–water partition coefficient (Wildman–Crippen LogP) is 4.44. The van der Waals surface area contributed by atoms with Crippen molar-refractivity contribution in [1.29, 1.82) is 0 Å². The van der Waals surface area contributed by atoms with Crippen LogP contribution in [0.3, 0.4) is 0 Å². The summed E-state index contributed by atoms with van der Waals surface area (Å²) < 4.78 is 5.19. The molecule has 178 valence electrons. The molecule has 0 radical (unpaired) electrons. The number of aromatic nitrogens is 2. The molecule has 0 saturated carbocycles. The highest BCUT2D eigenvalue weighted by atomic mass is 16.5. The van der Waals surface area contributed by atoms with E-state index in [-0.39, 0.29) is 0 Å². The van der Waals surface area contributed by atoms with Gasteiger partial charge >= 0.3 is 0 Å². The van der Waals surface area contributed by atoms with E-state index in [1.165, 1.54) is 70.1 Å². The Hall–Kier alpha value is -1.66. The van der Waals surface area contributed by atoms with E-state index in [0.717, 1.165) is 32.1 Å². The Labute approximate surface area is 195 Å². The lowest BCUT2D eigenvalue weighted by molar-refractivity contribution is 0.176. The number of piperidine rings is 1. The Morgan fingerprint density at radius 1 is 1.00 bits per heavy atom. The number of ether oxygens (including phenoxy) is 1. The van der Waals surface area contributed by atoms with Gasteiger partial charge in [-0.15, -0.1) is 0 Å². The zero-order chi connectivity index (χ0) is 22.3. The van der Waals surface area contributed by atoms with Gasteiger partial charge < -0.3 is 14.5 Å². The van der Waals surface area contributed by atoms with Gasteiger partial charge in [0.2, 0.25) is 5.95 Å². The highest BCUT2D eigenvalue weighted by Crippen LogP contribution is 2.34. The first-order valence-corrected chi connectivity index (χ1v) is 12.9. The molecule has 32 heavy (non-hydrogen) atoms. The molecule has 2 unspecified atom stereocenters. The van der Waals surface area contributed by atoms with Gasteiger partial charge in [0.15, 0.2) is 0 Å². The van der Waals surface area contributed by atoms with E-state index in [2.05, 4.69) is 47.5 Å². The monoisotopic (exact) mass is 441 g/mol. The van der Waals surface area contributed by atoms with Crippen LogP contribution in [0.15, 0.2) is 25.2 Å².